The summed E-state index contributed by atoms with van der Waals surface area (Å²) in [4.78, 5) is 12.1. The average molecular weight is 318 g/mol. The maximum absolute atomic E-state index is 12.1. The van der Waals surface area contributed by atoms with Crippen LogP contribution in [0.15, 0.2) is 0 Å². The van der Waals surface area contributed by atoms with Gasteiger partial charge in [0.2, 0.25) is 0 Å². The van der Waals surface area contributed by atoms with Crippen LogP contribution in [0.2, 0.25) is 0 Å². The van der Waals surface area contributed by atoms with E-state index in [0.717, 1.165) is 19.3 Å². The van der Waals surface area contributed by atoms with E-state index >= 15 is 0 Å². The van der Waals surface area contributed by atoms with Gasteiger partial charge < -0.3 is 10.6 Å². The molecule has 1 atom stereocenters. The molecule has 0 unspecified atom stereocenters. The normalized spacial score (nSPS) is 22.0. The zero-order chi connectivity index (χ0) is 16.3. The molecular formula is C15H30N2O3S. The third-order valence-corrected chi connectivity index (χ3v) is 7.50. The second-order valence-corrected chi connectivity index (χ2v) is 9.33. The van der Waals surface area contributed by atoms with Gasteiger partial charge in [-0.15, -0.1) is 0 Å². The number of urea groups is 1. The standard InChI is InChI=1S/C15H30N2O3S/c1-6-15(7-2,21(5,19)20)11-16-13(18)17-12-9-8-10-14(12,3)4/h12H,6-11H2,1-5H3,(H2,16,17,18)/t12-/m1/s1. The van der Waals surface area contributed by atoms with Crippen LogP contribution in [0, 0.1) is 5.41 Å². The van der Waals surface area contributed by atoms with Crippen molar-refractivity contribution < 1.29 is 13.2 Å². The van der Waals surface area contributed by atoms with E-state index in [1.165, 1.54) is 6.26 Å². The van der Waals surface area contributed by atoms with Crippen molar-refractivity contribution in [3.8, 4) is 0 Å². The molecule has 21 heavy (non-hydrogen) atoms. The number of hydrogen-bond donors (Lipinski definition) is 2. The van der Waals surface area contributed by atoms with Crippen LogP contribution in [0.3, 0.4) is 0 Å². The number of hydrogen-bond acceptors (Lipinski definition) is 3. The van der Waals surface area contributed by atoms with Crippen LogP contribution in [0.1, 0.15) is 59.8 Å². The first kappa shape index (κ1) is 18.3. The zero-order valence-electron chi connectivity index (χ0n) is 14.0. The number of sulfone groups is 1. The Balaban J connectivity index is 2.63. The Kier molecular flexibility index (Phi) is 5.69. The second-order valence-electron chi connectivity index (χ2n) is 6.92. The lowest BCUT2D eigenvalue weighted by atomic mass is 9.87. The van der Waals surface area contributed by atoms with E-state index in [1.807, 2.05) is 13.8 Å². The Hall–Kier alpha value is -0.780. The van der Waals surface area contributed by atoms with Crippen LogP contribution in [0.4, 0.5) is 4.79 Å². The topological polar surface area (TPSA) is 75.3 Å². The molecule has 6 heteroatoms. The van der Waals surface area contributed by atoms with E-state index in [9.17, 15) is 13.2 Å². The minimum Gasteiger partial charge on any atom is -0.337 e. The van der Waals surface area contributed by atoms with Crippen LogP contribution in [-0.4, -0.2) is 38.0 Å². The van der Waals surface area contributed by atoms with E-state index in [0.29, 0.717) is 12.8 Å². The molecule has 0 bridgehead atoms. The van der Waals surface area contributed by atoms with E-state index in [1.54, 1.807) is 0 Å². The molecule has 0 aromatic heterocycles. The molecule has 0 saturated heterocycles. The van der Waals surface area contributed by atoms with Gasteiger partial charge in [0.25, 0.3) is 0 Å². The summed E-state index contributed by atoms with van der Waals surface area (Å²) in [6.45, 7) is 8.18. The van der Waals surface area contributed by atoms with Crippen LogP contribution >= 0.6 is 0 Å². The maximum atomic E-state index is 12.1. The molecule has 0 aromatic rings. The zero-order valence-corrected chi connectivity index (χ0v) is 14.8. The van der Waals surface area contributed by atoms with Crippen molar-refractivity contribution in [2.45, 2.75) is 70.6 Å². The van der Waals surface area contributed by atoms with Gasteiger partial charge in [0, 0.05) is 18.8 Å². The number of nitrogens with one attached hydrogen (secondary N) is 2. The average Bonchev–Trinajstić information content (AvgIpc) is 2.69. The van der Waals surface area contributed by atoms with Crippen molar-refractivity contribution in [2.24, 2.45) is 5.41 Å². The minimum atomic E-state index is -3.21. The van der Waals surface area contributed by atoms with Crippen LogP contribution in [0.5, 0.6) is 0 Å². The third-order valence-electron chi connectivity index (χ3n) is 5.21. The van der Waals surface area contributed by atoms with E-state index in [4.69, 9.17) is 0 Å². The molecule has 0 aromatic carbocycles. The molecule has 1 aliphatic rings. The second kappa shape index (κ2) is 6.55. The summed E-state index contributed by atoms with van der Waals surface area (Å²) in [6.07, 6.45) is 5.46. The summed E-state index contributed by atoms with van der Waals surface area (Å²) in [7, 11) is -3.21. The van der Waals surface area contributed by atoms with Gasteiger partial charge in [0.1, 0.15) is 0 Å². The van der Waals surface area contributed by atoms with Crippen molar-refractivity contribution in [1.82, 2.24) is 10.6 Å². The SMILES string of the molecule is CCC(CC)(CNC(=O)N[C@@H]1CCCC1(C)C)S(C)(=O)=O. The van der Waals surface area contributed by atoms with Crippen molar-refractivity contribution >= 4 is 15.9 Å². The molecule has 1 saturated carbocycles. The Labute approximate surface area is 129 Å². The fraction of sp³-hybridized carbons (Fsp3) is 0.933. The molecule has 0 radical (unpaired) electrons. The van der Waals surface area contributed by atoms with Gasteiger partial charge in [0.15, 0.2) is 9.84 Å². The monoisotopic (exact) mass is 318 g/mol. The predicted molar refractivity (Wildman–Crippen MR) is 86.1 cm³/mol. The van der Waals surface area contributed by atoms with Crippen LogP contribution in [0.25, 0.3) is 0 Å². The first-order valence-corrected chi connectivity index (χ1v) is 9.71. The number of rotatable bonds is 6. The van der Waals surface area contributed by atoms with Crippen molar-refractivity contribution in [2.75, 3.05) is 12.8 Å². The fourth-order valence-electron chi connectivity index (χ4n) is 3.20. The molecule has 124 valence electrons. The van der Waals surface area contributed by atoms with Gasteiger partial charge in [-0.05, 0) is 31.1 Å². The van der Waals surface area contributed by atoms with E-state index < -0.39 is 14.6 Å². The molecule has 0 aliphatic heterocycles. The summed E-state index contributed by atoms with van der Waals surface area (Å²) in [6, 6.07) is -0.0988. The van der Waals surface area contributed by atoms with Crippen molar-refractivity contribution in [3.63, 3.8) is 0 Å². The summed E-state index contributed by atoms with van der Waals surface area (Å²) in [5.74, 6) is 0. The van der Waals surface area contributed by atoms with Gasteiger partial charge in [-0.3, -0.25) is 0 Å². The molecule has 0 spiro atoms. The summed E-state index contributed by atoms with van der Waals surface area (Å²) >= 11 is 0. The van der Waals surface area contributed by atoms with Crippen molar-refractivity contribution in [1.29, 1.82) is 0 Å². The van der Waals surface area contributed by atoms with Crippen LogP contribution < -0.4 is 10.6 Å². The summed E-state index contributed by atoms with van der Waals surface area (Å²) < 4.78 is 23.1. The highest BCUT2D eigenvalue weighted by atomic mass is 32.2. The first-order chi connectivity index (χ1) is 9.58. The summed E-state index contributed by atoms with van der Waals surface area (Å²) in [5, 5.41) is 5.76. The largest absolute Gasteiger partial charge is 0.337 e. The number of carbonyl (C=O) groups is 1. The molecule has 0 heterocycles. The van der Waals surface area contributed by atoms with Crippen molar-refractivity contribution in [3.05, 3.63) is 0 Å². The predicted octanol–water partition coefficient (Wildman–Crippen LogP) is 2.47. The van der Waals surface area contributed by atoms with E-state index in [2.05, 4.69) is 24.5 Å². The Morgan fingerprint density at radius 3 is 2.24 bits per heavy atom. The lowest BCUT2D eigenvalue weighted by Crippen LogP contribution is -2.52. The Bertz CT molecular complexity index is 467. The third kappa shape index (κ3) is 4.11. The number of carbonyl (C=O) groups excluding carboxylic acids is 1. The van der Waals surface area contributed by atoms with Gasteiger partial charge in [0.05, 0.1) is 4.75 Å². The lowest BCUT2D eigenvalue weighted by molar-refractivity contribution is 0.221. The molecular weight excluding hydrogens is 288 g/mol. The smallest absolute Gasteiger partial charge is 0.315 e. The highest BCUT2D eigenvalue weighted by molar-refractivity contribution is 7.92. The lowest BCUT2D eigenvalue weighted by Gasteiger charge is -2.31. The van der Waals surface area contributed by atoms with Crippen LogP contribution in [-0.2, 0) is 9.84 Å². The Morgan fingerprint density at radius 2 is 1.86 bits per heavy atom. The highest BCUT2D eigenvalue weighted by Gasteiger charge is 2.39. The fourth-order valence-corrected chi connectivity index (χ4v) is 4.58. The quantitative estimate of drug-likeness (QED) is 0.790. The first-order valence-electron chi connectivity index (χ1n) is 7.82. The highest BCUT2D eigenvalue weighted by Crippen LogP contribution is 2.37. The molecule has 2 N–H and O–H groups in total. The molecule has 1 aliphatic carbocycles. The molecule has 1 fully saturated rings. The minimum absolute atomic E-state index is 0.112. The van der Waals surface area contributed by atoms with Gasteiger partial charge in [-0.25, -0.2) is 13.2 Å². The number of amides is 2. The van der Waals surface area contributed by atoms with Gasteiger partial charge >= 0.3 is 6.03 Å². The van der Waals surface area contributed by atoms with Gasteiger partial charge in [-0.1, -0.05) is 34.1 Å². The van der Waals surface area contributed by atoms with E-state index in [-0.39, 0.29) is 24.0 Å². The molecule has 5 nitrogen and oxygen atoms in total. The molecule has 1 rings (SSSR count). The molecule has 2 amide bonds. The van der Waals surface area contributed by atoms with Gasteiger partial charge in [-0.2, -0.15) is 0 Å². The Morgan fingerprint density at radius 1 is 1.29 bits per heavy atom. The summed E-state index contributed by atoms with van der Waals surface area (Å²) in [5.41, 5.74) is 0.112. The maximum Gasteiger partial charge on any atom is 0.315 e.